The third kappa shape index (κ3) is 7.27. The number of nitrogens with two attached hydrogens (primary N) is 1. The fourth-order valence-electron chi connectivity index (χ4n) is 4.08. The van der Waals surface area contributed by atoms with Gasteiger partial charge < -0.3 is 16.0 Å². The van der Waals surface area contributed by atoms with Crippen LogP contribution < -0.4 is 16.0 Å². The summed E-state index contributed by atoms with van der Waals surface area (Å²) in [6, 6.07) is 9.35. The van der Waals surface area contributed by atoms with Crippen LogP contribution in [-0.2, 0) is 9.59 Å². The minimum Gasteiger partial charge on any atom is -0.352 e. The lowest BCUT2D eigenvalue weighted by Crippen LogP contribution is -2.88. The van der Waals surface area contributed by atoms with Gasteiger partial charge in [0.1, 0.15) is 6.04 Å². The Kier molecular flexibility index (Phi) is 8.97. The SMILES string of the molecule is CC(C)NC(=O)CNC(=O)C[NH2+][C@@H](c1ccc(C2CCCCC2)cc1)C(C)C. The van der Waals surface area contributed by atoms with Crippen LogP contribution in [0.15, 0.2) is 24.3 Å². The molecule has 0 unspecified atom stereocenters. The first-order chi connectivity index (χ1) is 13.4. The van der Waals surface area contributed by atoms with E-state index in [4.69, 9.17) is 0 Å². The minimum absolute atomic E-state index is 0.0350. The van der Waals surface area contributed by atoms with Crippen molar-refractivity contribution in [3.63, 3.8) is 0 Å². The van der Waals surface area contributed by atoms with Crippen LogP contribution in [-0.4, -0.2) is 30.9 Å². The van der Waals surface area contributed by atoms with Crippen LogP contribution in [0.2, 0.25) is 0 Å². The van der Waals surface area contributed by atoms with E-state index in [0.29, 0.717) is 18.4 Å². The Morgan fingerprint density at radius 3 is 2.21 bits per heavy atom. The van der Waals surface area contributed by atoms with Crippen molar-refractivity contribution in [2.45, 2.75) is 77.8 Å². The largest absolute Gasteiger partial charge is 0.352 e. The Bertz CT molecular complexity index is 619. The van der Waals surface area contributed by atoms with Crippen molar-refractivity contribution < 1.29 is 14.9 Å². The van der Waals surface area contributed by atoms with Crippen molar-refractivity contribution >= 4 is 11.8 Å². The van der Waals surface area contributed by atoms with Crippen molar-refractivity contribution in [2.75, 3.05) is 13.1 Å². The van der Waals surface area contributed by atoms with Gasteiger partial charge in [0.2, 0.25) is 5.91 Å². The molecule has 1 aromatic carbocycles. The minimum atomic E-state index is -0.151. The number of rotatable bonds is 9. The fourth-order valence-corrected chi connectivity index (χ4v) is 4.08. The molecule has 0 spiro atoms. The summed E-state index contributed by atoms with van der Waals surface area (Å²) < 4.78 is 0. The molecule has 5 nitrogen and oxygen atoms in total. The molecular formula is C23H38N3O2+. The van der Waals surface area contributed by atoms with E-state index in [1.807, 2.05) is 13.8 Å². The summed E-state index contributed by atoms with van der Waals surface area (Å²) in [5.41, 5.74) is 2.72. The maximum Gasteiger partial charge on any atom is 0.275 e. The quantitative estimate of drug-likeness (QED) is 0.608. The van der Waals surface area contributed by atoms with E-state index in [-0.39, 0.29) is 30.4 Å². The standard InChI is InChI=1S/C23H37N3O2/c1-16(2)23(25-14-21(27)24-15-22(28)26-17(3)4)20-12-10-19(11-13-20)18-8-6-5-7-9-18/h10-13,16-18,23,25H,5-9,14-15H2,1-4H3,(H,24,27)(H,26,28)/p+1/t23-/m1/s1. The number of hydrogen-bond donors (Lipinski definition) is 3. The lowest BCUT2D eigenvalue weighted by molar-refractivity contribution is -0.692. The van der Waals surface area contributed by atoms with Crippen LogP contribution in [0.25, 0.3) is 0 Å². The van der Waals surface area contributed by atoms with Gasteiger partial charge in [-0.1, -0.05) is 57.4 Å². The fraction of sp³-hybridized carbons (Fsp3) is 0.652. The molecule has 1 aromatic rings. The molecule has 0 heterocycles. The van der Waals surface area contributed by atoms with E-state index < -0.39 is 0 Å². The highest BCUT2D eigenvalue weighted by molar-refractivity contribution is 5.85. The molecule has 1 atom stereocenters. The number of quaternary nitrogens is 1. The Hall–Kier alpha value is -1.88. The molecule has 5 heteroatoms. The van der Waals surface area contributed by atoms with Crippen LogP contribution >= 0.6 is 0 Å². The first-order valence-electron chi connectivity index (χ1n) is 10.9. The lowest BCUT2D eigenvalue weighted by Gasteiger charge is -2.23. The normalized spacial score (nSPS) is 16.2. The molecule has 0 aromatic heterocycles. The second-order valence-electron chi connectivity index (χ2n) is 8.71. The molecule has 4 N–H and O–H groups in total. The number of carbonyl (C=O) groups is 2. The summed E-state index contributed by atoms with van der Waals surface area (Å²) in [4.78, 5) is 23.8. The van der Waals surface area contributed by atoms with Gasteiger partial charge in [0.15, 0.2) is 6.54 Å². The second-order valence-corrected chi connectivity index (χ2v) is 8.71. The summed E-state index contributed by atoms with van der Waals surface area (Å²) >= 11 is 0. The summed E-state index contributed by atoms with van der Waals surface area (Å²) in [6.07, 6.45) is 6.69. The zero-order chi connectivity index (χ0) is 20.5. The van der Waals surface area contributed by atoms with Crippen LogP contribution in [0, 0.1) is 5.92 Å². The zero-order valence-electron chi connectivity index (χ0n) is 18.0. The van der Waals surface area contributed by atoms with E-state index in [1.165, 1.54) is 43.2 Å². The predicted octanol–water partition coefficient (Wildman–Crippen LogP) is 2.64. The predicted molar refractivity (Wildman–Crippen MR) is 113 cm³/mol. The van der Waals surface area contributed by atoms with Gasteiger partial charge in [0, 0.05) is 17.5 Å². The monoisotopic (exact) mass is 388 g/mol. The van der Waals surface area contributed by atoms with E-state index in [2.05, 4.69) is 54.1 Å². The van der Waals surface area contributed by atoms with E-state index in [1.54, 1.807) is 0 Å². The van der Waals surface area contributed by atoms with Gasteiger partial charge in [-0.2, -0.15) is 0 Å². The van der Waals surface area contributed by atoms with Crippen LogP contribution in [0.5, 0.6) is 0 Å². The van der Waals surface area contributed by atoms with Gasteiger partial charge in [-0.25, -0.2) is 0 Å². The summed E-state index contributed by atoms with van der Waals surface area (Å²) in [7, 11) is 0. The first kappa shape index (κ1) is 22.4. The molecule has 1 aliphatic rings. The molecule has 1 fully saturated rings. The van der Waals surface area contributed by atoms with Crippen LogP contribution in [0.3, 0.4) is 0 Å². The number of benzene rings is 1. The molecule has 2 amide bonds. The average molecular weight is 389 g/mol. The molecule has 1 aliphatic carbocycles. The molecule has 1 saturated carbocycles. The smallest absolute Gasteiger partial charge is 0.275 e. The molecule has 0 saturated heterocycles. The van der Waals surface area contributed by atoms with E-state index in [9.17, 15) is 9.59 Å². The van der Waals surface area contributed by atoms with Crippen molar-refractivity contribution in [1.82, 2.24) is 10.6 Å². The number of carbonyl (C=O) groups excluding carboxylic acids is 2. The molecule has 0 bridgehead atoms. The molecule has 28 heavy (non-hydrogen) atoms. The highest BCUT2D eigenvalue weighted by Crippen LogP contribution is 2.33. The number of hydrogen-bond acceptors (Lipinski definition) is 2. The molecular weight excluding hydrogens is 350 g/mol. The maximum absolute atomic E-state index is 12.1. The molecule has 2 rings (SSSR count). The van der Waals surface area contributed by atoms with Crippen LogP contribution in [0.4, 0.5) is 0 Å². The van der Waals surface area contributed by atoms with Gasteiger partial charge in [0.05, 0.1) is 6.54 Å². The molecule has 156 valence electrons. The van der Waals surface area contributed by atoms with Gasteiger partial charge in [-0.15, -0.1) is 0 Å². The van der Waals surface area contributed by atoms with Crippen LogP contribution in [0.1, 0.15) is 82.9 Å². The Morgan fingerprint density at radius 1 is 1.00 bits per heavy atom. The summed E-state index contributed by atoms with van der Waals surface area (Å²) in [5.74, 6) is 0.870. The summed E-state index contributed by atoms with van der Waals surface area (Å²) in [5, 5.41) is 7.56. The van der Waals surface area contributed by atoms with E-state index >= 15 is 0 Å². The lowest BCUT2D eigenvalue weighted by atomic mass is 9.83. The van der Waals surface area contributed by atoms with Gasteiger partial charge in [-0.05, 0) is 38.2 Å². The Morgan fingerprint density at radius 2 is 1.64 bits per heavy atom. The van der Waals surface area contributed by atoms with E-state index in [0.717, 1.165) is 0 Å². The van der Waals surface area contributed by atoms with Crippen molar-refractivity contribution in [1.29, 1.82) is 0 Å². The first-order valence-corrected chi connectivity index (χ1v) is 10.9. The Balaban J connectivity index is 1.86. The summed E-state index contributed by atoms with van der Waals surface area (Å²) in [6.45, 7) is 8.53. The third-order valence-electron chi connectivity index (χ3n) is 5.57. The zero-order valence-corrected chi connectivity index (χ0v) is 18.0. The van der Waals surface area contributed by atoms with Crippen molar-refractivity contribution in [2.24, 2.45) is 5.92 Å². The maximum atomic E-state index is 12.1. The van der Waals surface area contributed by atoms with Gasteiger partial charge in [-0.3, -0.25) is 9.59 Å². The second kappa shape index (κ2) is 11.2. The molecule has 0 aliphatic heterocycles. The average Bonchev–Trinajstić information content (AvgIpc) is 2.67. The number of amides is 2. The van der Waals surface area contributed by atoms with Crippen molar-refractivity contribution in [3.05, 3.63) is 35.4 Å². The highest BCUT2D eigenvalue weighted by Gasteiger charge is 2.22. The number of nitrogens with one attached hydrogen (secondary N) is 2. The van der Waals surface area contributed by atoms with Crippen molar-refractivity contribution in [3.8, 4) is 0 Å². The molecule has 0 radical (unpaired) electrons. The van der Waals surface area contributed by atoms with Gasteiger partial charge >= 0.3 is 0 Å². The topological polar surface area (TPSA) is 74.8 Å². The van der Waals surface area contributed by atoms with Gasteiger partial charge in [0.25, 0.3) is 5.91 Å². The highest BCUT2D eigenvalue weighted by atomic mass is 16.2. The third-order valence-corrected chi connectivity index (χ3v) is 5.57. The Labute approximate surface area is 170 Å².